The van der Waals surface area contributed by atoms with Gasteiger partial charge in [-0.15, -0.1) is 5.10 Å². The number of carboxylic acids is 1. The quantitative estimate of drug-likeness (QED) is 0.395. The van der Waals surface area contributed by atoms with Gasteiger partial charge < -0.3 is 15.7 Å². The number of carbonyl (C=O) groups excluding carboxylic acids is 1. The topological polar surface area (TPSA) is 122 Å². The first-order valence-corrected chi connectivity index (χ1v) is 10.2. The van der Waals surface area contributed by atoms with Gasteiger partial charge in [0.25, 0.3) is 5.91 Å². The zero-order chi connectivity index (χ0) is 22.2. The summed E-state index contributed by atoms with van der Waals surface area (Å²) in [6, 6.07) is 9.00. The van der Waals surface area contributed by atoms with E-state index in [0.29, 0.717) is 18.7 Å². The van der Waals surface area contributed by atoms with Crippen LogP contribution in [0.25, 0.3) is 0 Å². The highest BCUT2D eigenvalue weighted by atomic mass is 35.5. The number of halogens is 2. The highest BCUT2D eigenvalue weighted by molar-refractivity contribution is 6.39. The highest BCUT2D eigenvalue weighted by Crippen LogP contribution is 2.24. The Kier molecular flexibility index (Phi) is 7.80. The average molecular weight is 463 g/mol. The van der Waals surface area contributed by atoms with Gasteiger partial charge in [0.2, 0.25) is 0 Å². The van der Waals surface area contributed by atoms with Crippen LogP contribution >= 0.6 is 23.2 Å². The molecule has 2 aromatic heterocycles. The van der Waals surface area contributed by atoms with Gasteiger partial charge in [0.1, 0.15) is 11.9 Å². The Morgan fingerprint density at radius 1 is 1.13 bits per heavy atom. The highest BCUT2D eigenvalue weighted by Gasteiger charge is 2.24. The van der Waals surface area contributed by atoms with E-state index in [2.05, 4.69) is 25.9 Å². The van der Waals surface area contributed by atoms with E-state index in [9.17, 15) is 14.7 Å². The van der Waals surface area contributed by atoms with Gasteiger partial charge in [0.15, 0.2) is 0 Å². The molecule has 3 rings (SSSR count). The Balaban J connectivity index is 1.54. The van der Waals surface area contributed by atoms with Crippen LogP contribution in [-0.4, -0.2) is 49.5 Å². The maximum absolute atomic E-state index is 12.5. The first-order chi connectivity index (χ1) is 14.9. The molecule has 3 N–H and O–H groups in total. The molecule has 9 nitrogen and oxygen atoms in total. The van der Waals surface area contributed by atoms with Crippen LogP contribution in [0.1, 0.15) is 22.5 Å². The van der Waals surface area contributed by atoms with Gasteiger partial charge in [0, 0.05) is 18.9 Å². The summed E-state index contributed by atoms with van der Waals surface area (Å²) in [5.41, 5.74) is 0.740. The van der Waals surface area contributed by atoms with Gasteiger partial charge in [-0.3, -0.25) is 4.79 Å². The normalized spacial score (nSPS) is 11.7. The molecule has 162 valence electrons. The van der Waals surface area contributed by atoms with E-state index in [1.165, 1.54) is 16.8 Å². The molecule has 0 aliphatic rings. The molecule has 1 amide bonds. The van der Waals surface area contributed by atoms with Crippen LogP contribution in [0.3, 0.4) is 0 Å². The first-order valence-electron chi connectivity index (χ1n) is 9.45. The molecule has 0 radical (unpaired) electrons. The fourth-order valence-corrected chi connectivity index (χ4v) is 3.38. The van der Waals surface area contributed by atoms with E-state index < -0.39 is 17.9 Å². The van der Waals surface area contributed by atoms with Gasteiger partial charge in [-0.1, -0.05) is 40.5 Å². The third kappa shape index (κ3) is 6.40. The summed E-state index contributed by atoms with van der Waals surface area (Å²) in [6.07, 6.45) is 4.81. The monoisotopic (exact) mass is 462 g/mol. The summed E-state index contributed by atoms with van der Waals surface area (Å²) in [5, 5.41) is 23.4. The zero-order valence-corrected chi connectivity index (χ0v) is 17.8. The molecule has 0 fully saturated rings. The van der Waals surface area contributed by atoms with Crippen LogP contribution in [0.4, 0.5) is 5.82 Å². The SMILES string of the molecule is O=C(N[C@@H](Cn1cc(CCCNc2ccccn2)nn1)C(=O)O)c1c(Cl)cccc1Cl. The van der Waals surface area contributed by atoms with Gasteiger partial charge in [-0.2, -0.15) is 0 Å². The van der Waals surface area contributed by atoms with Gasteiger partial charge >= 0.3 is 5.97 Å². The van der Waals surface area contributed by atoms with Gasteiger partial charge in [0.05, 0.1) is 27.8 Å². The van der Waals surface area contributed by atoms with Crippen molar-refractivity contribution in [3.63, 3.8) is 0 Å². The molecule has 0 spiro atoms. The summed E-state index contributed by atoms with van der Waals surface area (Å²) in [6.45, 7) is 0.610. The number of hydrogen-bond donors (Lipinski definition) is 3. The maximum atomic E-state index is 12.5. The van der Waals surface area contributed by atoms with E-state index in [-0.39, 0.29) is 22.2 Å². The summed E-state index contributed by atoms with van der Waals surface area (Å²) < 4.78 is 1.38. The van der Waals surface area contributed by atoms with Crippen molar-refractivity contribution in [3.05, 3.63) is 70.1 Å². The second-order valence-corrected chi connectivity index (χ2v) is 7.45. The minimum Gasteiger partial charge on any atom is -0.480 e. The predicted molar refractivity (Wildman–Crippen MR) is 116 cm³/mol. The van der Waals surface area contributed by atoms with Crippen molar-refractivity contribution in [3.8, 4) is 0 Å². The van der Waals surface area contributed by atoms with Crippen LogP contribution in [-0.2, 0) is 17.8 Å². The Morgan fingerprint density at radius 3 is 2.58 bits per heavy atom. The third-order valence-corrected chi connectivity index (χ3v) is 4.96. The van der Waals surface area contributed by atoms with Crippen LogP contribution < -0.4 is 10.6 Å². The van der Waals surface area contributed by atoms with Crippen LogP contribution in [0.2, 0.25) is 10.0 Å². The molecule has 1 aromatic carbocycles. The molecule has 0 aliphatic carbocycles. The summed E-state index contributed by atoms with van der Waals surface area (Å²) in [7, 11) is 0. The Bertz CT molecular complexity index is 1020. The van der Waals surface area contributed by atoms with E-state index >= 15 is 0 Å². The lowest BCUT2D eigenvalue weighted by molar-refractivity contribution is -0.139. The molecule has 2 heterocycles. The molecule has 0 aliphatic heterocycles. The molecule has 11 heteroatoms. The van der Waals surface area contributed by atoms with Crippen molar-refractivity contribution >= 4 is 40.9 Å². The molecule has 0 saturated carbocycles. The standard InChI is InChI=1S/C20H20Cl2N6O3/c21-14-6-3-7-15(22)18(14)19(29)25-16(20(30)31)12-28-11-13(26-27-28)5-4-10-24-17-8-1-2-9-23-17/h1-3,6-9,11,16H,4-5,10,12H2,(H,23,24)(H,25,29)(H,30,31)/t16-/m0/s1. The lowest BCUT2D eigenvalue weighted by Gasteiger charge is -2.15. The maximum Gasteiger partial charge on any atom is 0.328 e. The number of nitrogens with zero attached hydrogens (tertiary/aromatic N) is 4. The van der Waals surface area contributed by atoms with Crippen LogP contribution in [0, 0.1) is 0 Å². The van der Waals surface area contributed by atoms with Crippen molar-refractivity contribution in [2.45, 2.75) is 25.4 Å². The Hall–Kier alpha value is -3.17. The molecule has 0 unspecified atom stereocenters. The summed E-state index contributed by atoms with van der Waals surface area (Å²) >= 11 is 12.0. The van der Waals surface area contributed by atoms with Crippen LogP contribution in [0.5, 0.6) is 0 Å². The number of rotatable bonds is 10. The van der Waals surface area contributed by atoms with Crippen LogP contribution in [0.15, 0.2) is 48.8 Å². The van der Waals surface area contributed by atoms with E-state index in [0.717, 1.165) is 12.2 Å². The number of anilines is 1. The molecule has 3 aromatic rings. The number of aliphatic carboxylic acids is 1. The molecular weight excluding hydrogens is 443 g/mol. The second kappa shape index (κ2) is 10.7. The lowest BCUT2D eigenvalue weighted by Crippen LogP contribution is -2.44. The minimum absolute atomic E-state index is 0.0248. The third-order valence-electron chi connectivity index (χ3n) is 4.33. The Labute approximate surface area is 188 Å². The number of pyridine rings is 1. The summed E-state index contributed by atoms with van der Waals surface area (Å²) in [4.78, 5) is 28.3. The van der Waals surface area contributed by atoms with Crippen molar-refractivity contribution < 1.29 is 14.7 Å². The smallest absolute Gasteiger partial charge is 0.328 e. The fourth-order valence-electron chi connectivity index (χ4n) is 2.81. The van der Waals surface area contributed by atoms with E-state index in [4.69, 9.17) is 23.2 Å². The predicted octanol–water partition coefficient (Wildman–Crippen LogP) is 2.91. The Morgan fingerprint density at radius 2 is 1.90 bits per heavy atom. The second-order valence-electron chi connectivity index (χ2n) is 6.64. The van der Waals surface area contributed by atoms with Gasteiger partial charge in [-0.25, -0.2) is 14.5 Å². The fraction of sp³-hybridized carbons (Fsp3) is 0.250. The first kappa shape index (κ1) is 22.5. The largest absolute Gasteiger partial charge is 0.480 e. The molecule has 1 atom stereocenters. The van der Waals surface area contributed by atoms with Crippen molar-refractivity contribution in [2.75, 3.05) is 11.9 Å². The van der Waals surface area contributed by atoms with Gasteiger partial charge in [-0.05, 0) is 37.1 Å². The van der Waals surface area contributed by atoms with Crippen molar-refractivity contribution in [1.82, 2.24) is 25.3 Å². The number of aromatic nitrogens is 4. The number of benzene rings is 1. The van der Waals surface area contributed by atoms with Crippen molar-refractivity contribution in [1.29, 1.82) is 0 Å². The lowest BCUT2D eigenvalue weighted by atomic mass is 10.2. The molecular formula is C20H20Cl2N6O3. The number of nitrogens with one attached hydrogen (secondary N) is 2. The van der Waals surface area contributed by atoms with Crippen molar-refractivity contribution in [2.24, 2.45) is 0 Å². The molecule has 0 saturated heterocycles. The number of carboxylic acid groups (broad SMARTS) is 1. The number of carbonyl (C=O) groups is 2. The van der Waals surface area contributed by atoms with E-state index in [1.54, 1.807) is 18.5 Å². The number of aryl methyl sites for hydroxylation is 1. The zero-order valence-electron chi connectivity index (χ0n) is 16.3. The number of hydrogen-bond acceptors (Lipinski definition) is 6. The summed E-state index contributed by atoms with van der Waals surface area (Å²) in [5.74, 6) is -1.10. The van der Waals surface area contributed by atoms with E-state index in [1.807, 2.05) is 18.2 Å². The number of amides is 1. The molecule has 0 bridgehead atoms. The minimum atomic E-state index is -1.24. The average Bonchev–Trinajstić information content (AvgIpc) is 3.18. The molecule has 31 heavy (non-hydrogen) atoms.